The highest BCUT2D eigenvalue weighted by atomic mass is 32.1. The fourth-order valence-electron chi connectivity index (χ4n) is 4.10. The molecular weight excluding hydrogens is 342 g/mol. The molecule has 2 fully saturated rings. The summed E-state index contributed by atoms with van der Waals surface area (Å²) in [4.78, 5) is 10.1. The Balaban J connectivity index is 1.28. The third kappa shape index (κ3) is 5.13. The molecule has 4 rings (SSSR count). The number of piperidine rings is 1. The van der Waals surface area contributed by atoms with Gasteiger partial charge in [0.15, 0.2) is 0 Å². The molecule has 26 heavy (non-hydrogen) atoms. The van der Waals surface area contributed by atoms with E-state index in [-0.39, 0.29) is 0 Å². The second kappa shape index (κ2) is 9.09. The number of nitrogens with zero attached hydrogens (tertiary/aromatic N) is 3. The average Bonchev–Trinajstić information content (AvgIpc) is 3.10. The fraction of sp³-hybridized carbons (Fsp3) is 0.571. The first-order chi connectivity index (χ1) is 12.8. The van der Waals surface area contributed by atoms with Crippen LogP contribution < -0.4 is 0 Å². The maximum atomic E-state index is 5.47. The molecule has 0 radical (unpaired) electrons. The summed E-state index contributed by atoms with van der Waals surface area (Å²) >= 11 is 1.80. The molecule has 0 bridgehead atoms. The Morgan fingerprint density at radius 2 is 1.92 bits per heavy atom. The van der Waals surface area contributed by atoms with E-state index in [1.165, 1.54) is 48.7 Å². The van der Waals surface area contributed by atoms with E-state index in [0.29, 0.717) is 0 Å². The van der Waals surface area contributed by atoms with Crippen LogP contribution in [0.15, 0.2) is 35.7 Å². The highest BCUT2D eigenvalue weighted by Crippen LogP contribution is 2.21. The van der Waals surface area contributed by atoms with Crippen LogP contribution in [-0.2, 0) is 17.7 Å². The van der Waals surface area contributed by atoms with Gasteiger partial charge in [-0.2, -0.15) is 0 Å². The van der Waals surface area contributed by atoms with Crippen molar-refractivity contribution in [2.45, 2.75) is 25.8 Å². The van der Waals surface area contributed by atoms with Crippen molar-refractivity contribution in [1.29, 1.82) is 0 Å². The van der Waals surface area contributed by atoms with Crippen LogP contribution in [0.4, 0.5) is 0 Å². The zero-order valence-electron chi connectivity index (χ0n) is 15.5. The molecule has 2 aromatic rings. The first kappa shape index (κ1) is 18.1. The molecule has 140 valence electrons. The average molecular weight is 372 g/mol. The summed E-state index contributed by atoms with van der Waals surface area (Å²) in [6, 6.07) is 10.6. The number of likely N-dealkylation sites (tertiary alicyclic amines) is 1. The van der Waals surface area contributed by atoms with Crippen LogP contribution in [0.1, 0.15) is 29.1 Å². The van der Waals surface area contributed by atoms with E-state index in [9.17, 15) is 0 Å². The highest BCUT2D eigenvalue weighted by molar-refractivity contribution is 7.09. The third-order valence-corrected chi connectivity index (χ3v) is 6.30. The Labute approximate surface area is 160 Å². The van der Waals surface area contributed by atoms with Crippen molar-refractivity contribution in [3.63, 3.8) is 0 Å². The number of hydrogen-bond donors (Lipinski definition) is 0. The lowest BCUT2D eigenvalue weighted by molar-refractivity contribution is 0.0223. The summed E-state index contributed by atoms with van der Waals surface area (Å²) in [5, 5.41) is 3.48. The van der Waals surface area contributed by atoms with Gasteiger partial charge >= 0.3 is 0 Å². The Kier molecular flexibility index (Phi) is 6.33. The molecule has 0 amide bonds. The summed E-state index contributed by atoms with van der Waals surface area (Å²) in [5.74, 6) is 0.796. The Bertz CT molecular complexity index is 669. The van der Waals surface area contributed by atoms with Crippen molar-refractivity contribution in [1.82, 2.24) is 14.8 Å². The summed E-state index contributed by atoms with van der Waals surface area (Å²) in [7, 11) is 0. The van der Waals surface area contributed by atoms with Gasteiger partial charge in [-0.25, -0.2) is 4.98 Å². The molecule has 0 aliphatic carbocycles. The number of thiazole rings is 1. The molecule has 2 saturated heterocycles. The lowest BCUT2D eigenvalue weighted by Gasteiger charge is -2.36. The number of hydrogen-bond acceptors (Lipinski definition) is 5. The Morgan fingerprint density at radius 1 is 1.08 bits per heavy atom. The summed E-state index contributed by atoms with van der Waals surface area (Å²) in [6.07, 6.45) is 3.63. The van der Waals surface area contributed by atoms with E-state index < -0.39 is 0 Å². The van der Waals surface area contributed by atoms with Gasteiger partial charge in [-0.15, -0.1) is 11.3 Å². The number of benzene rings is 1. The number of aromatic nitrogens is 1. The van der Waals surface area contributed by atoms with Gasteiger partial charge < -0.3 is 4.74 Å². The molecule has 4 nitrogen and oxygen atoms in total. The molecule has 0 N–H and O–H groups in total. The maximum Gasteiger partial charge on any atom is 0.0972 e. The minimum absolute atomic E-state index is 0.796. The molecule has 1 aromatic carbocycles. The number of ether oxygens (including phenoxy) is 1. The molecule has 0 unspecified atom stereocenters. The third-order valence-electron chi connectivity index (χ3n) is 5.41. The minimum Gasteiger partial charge on any atom is -0.379 e. The van der Waals surface area contributed by atoms with Gasteiger partial charge in [0.2, 0.25) is 0 Å². The van der Waals surface area contributed by atoms with Crippen molar-refractivity contribution in [3.8, 4) is 0 Å². The van der Waals surface area contributed by atoms with Crippen LogP contribution >= 0.6 is 11.3 Å². The molecule has 2 aliphatic heterocycles. The van der Waals surface area contributed by atoms with E-state index in [0.717, 1.165) is 45.2 Å². The second-order valence-electron chi connectivity index (χ2n) is 7.55. The van der Waals surface area contributed by atoms with Gasteiger partial charge in [0.05, 0.1) is 23.9 Å². The van der Waals surface area contributed by atoms with Gasteiger partial charge in [-0.05, 0) is 30.9 Å². The zero-order chi connectivity index (χ0) is 17.6. The zero-order valence-corrected chi connectivity index (χ0v) is 16.3. The van der Waals surface area contributed by atoms with Crippen LogP contribution in [-0.4, -0.2) is 60.7 Å². The predicted octanol–water partition coefficient (Wildman–Crippen LogP) is 3.28. The predicted molar refractivity (Wildman–Crippen MR) is 107 cm³/mol. The van der Waals surface area contributed by atoms with E-state index in [2.05, 4.69) is 45.5 Å². The second-order valence-corrected chi connectivity index (χ2v) is 8.49. The van der Waals surface area contributed by atoms with Gasteiger partial charge in [0.25, 0.3) is 0 Å². The number of rotatable bonds is 6. The molecular formula is C21H29N3OS. The normalized spacial score (nSPS) is 22.5. The van der Waals surface area contributed by atoms with Crippen LogP contribution in [0.3, 0.4) is 0 Å². The molecule has 5 heteroatoms. The van der Waals surface area contributed by atoms with Gasteiger partial charge in [0.1, 0.15) is 0 Å². The molecule has 0 spiro atoms. The quantitative estimate of drug-likeness (QED) is 0.779. The molecule has 3 heterocycles. The van der Waals surface area contributed by atoms with Gasteiger partial charge in [-0.1, -0.05) is 30.3 Å². The lowest BCUT2D eigenvalue weighted by atomic mass is 9.97. The summed E-state index contributed by atoms with van der Waals surface area (Å²) in [6.45, 7) is 8.67. The van der Waals surface area contributed by atoms with Crippen molar-refractivity contribution in [2.24, 2.45) is 5.92 Å². The van der Waals surface area contributed by atoms with Crippen LogP contribution in [0.25, 0.3) is 0 Å². The summed E-state index contributed by atoms with van der Waals surface area (Å²) < 4.78 is 5.47. The van der Waals surface area contributed by atoms with E-state index in [1.54, 1.807) is 11.3 Å². The van der Waals surface area contributed by atoms with Crippen molar-refractivity contribution < 1.29 is 4.74 Å². The van der Waals surface area contributed by atoms with E-state index in [4.69, 9.17) is 9.72 Å². The Morgan fingerprint density at radius 3 is 2.77 bits per heavy atom. The van der Waals surface area contributed by atoms with Crippen LogP contribution in [0, 0.1) is 5.92 Å². The van der Waals surface area contributed by atoms with Crippen LogP contribution in [0.2, 0.25) is 0 Å². The smallest absolute Gasteiger partial charge is 0.0972 e. The molecule has 0 saturated carbocycles. The first-order valence-corrected chi connectivity index (χ1v) is 10.7. The van der Waals surface area contributed by atoms with Crippen molar-refractivity contribution in [3.05, 3.63) is 52.0 Å². The van der Waals surface area contributed by atoms with Crippen molar-refractivity contribution >= 4 is 11.3 Å². The molecule has 2 aliphatic rings. The Hall–Kier alpha value is -1.27. The topological polar surface area (TPSA) is 28.6 Å². The minimum atomic E-state index is 0.796. The lowest BCUT2D eigenvalue weighted by Crippen LogP contribution is -2.44. The van der Waals surface area contributed by atoms with Crippen molar-refractivity contribution in [2.75, 3.05) is 45.9 Å². The van der Waals surface area contributed by atoms with Gasteiger partial charge in [-0.3, -0.25) is 9.80 Å². The summed E-state index contributed by atoms with van der Waals surface area (Å²) in [5.41, 5.74) is 2.59. The first-order valence-electron chi connectivity index (χ1n) is 9.85. The maximum absolute atomic E-state index is 5.47. The standard InChI is InChI=1S/C21H29N3OS/c1-2-5-18(6-3-1)13-21-22-20(17-26-21)16-24-8-4-7-19(15-24)14-23-9-11-25-12-10-23/h1-3,5-6,17,19H,4,7-16H2/t19-/m1/s1. The molecule has 1 aromatic heterocycles. The molecule has 1 atom stereocenters. The monoisotopic (exact) mass is 371 g/mol. The SMILES string of the molecule is c1ccc(Cc2nc(CN3CCC[C@H](CN4CCOCC4)C3)cs2)cc1. The van der Waals surface area contributed by atoms with E-state index in [1.807, 2.05) is 0 Å². The van der Waals surface area contributed by atoms with E-state index >= 15 is 0 Å². The highest BCUT2D eigenvalue weighted by Gasteiger charge is 2.23. The van der Waals surface area contributed by atoms with Crippen LogP contribution in [0.5, 0.6) is 0 Å². The largest absolute Gasteiger partial charge is 0.379 e. The number of morpholine rings is 1. The fourth-order valence-corrected chi connectivity index (χ4v) is 4.91. The van der Waals surface area contributed by atoms with Gasteiger partial charge in [0, 0.05) is 44.5 Å².